The molecule has 7 heteroatoms. The van der Waals surface area contributed by atoms with E-state index in [1.165, 1.54) is 14.2 Å². The lowest BCUT2D eigenvalue weighted by atomic mass is 9.80. The Labute approximate surface area is 134 Å². The topological polar surface area (TPSA) is 94.1 Å². The molecule has 0 atom stereocenters. The van der Waals surface area contributed by atoms with Gasteiger partial charge < -0.3 is 24.6 Å². The molecule has 1 fully saturated rings. The van der Waals surface area contributed by atoms with Crippen LogP contribution in [0.15, 0.2) is 18.2 Å². The lowest BCUT2D eigenvalue weighted by Gasteiger charge is -2.33. The van der Waals surface area contributed by atoms with Gasteiger partial charge in [0.1, 0.15) is 0 Å². The van der Waals surface area contributed by atoms with Crippen LogP contribution in [-0.2, 0) is 9.53 Å². The molecule has 2 rings (SSSR count). The van der Waals surface area contributed by atoms with Gasteiger partial charge in [0.25, 0.3) is 5.91 Å². The highest BCUT2D eigenvalue weighted by atomic mass is 16.5. The summed E-state index contributed by atoms with van der Waals surface area (Å²) in [7, 11) is 2.94. The second-order valence-electron chi connectivity index (χ2n) is 5.42. The molecule has 1 aliphatic heterocycles. The molecule has 1 heterocycles. The fraction of sp³-hybridized carbons (Fsp3) is 0.500. The van der Waals surface area contributed by atoms with Crippen LogP contribution in [0.4, 0.5) is 0 Å². The van der Waals surface area contributed by atoms with Crippen molar-refractivity contribution in [3.05, 3.63) is 23.8 Å². The zero-order valence-electron chi connectivity index (χ0n) is 13.3. The van der Waals surface area contributed by atoms with Crippen molar-refractivity contribution in [1.29, 1.82) is 0 Å². The van der Waals surface area contributed by atoms with Crippen LogP contribution in [0.5, 0.6) is 11.5 Å². The van der Waals surface area contributed by atoms with Gasteiger partial charge in [-0.3, -0.25) is 9.59 Å². The first-order valence-corrected chi connectivity index (χ1v) is 7.34. The van der Waals surface area contributed by atoms with E-state index < -0.39 is 17.3 Å². The molecular formula is C16H21NO6. The molecule has 1 saturated heterocycles. The van der Waals surface area contributed by atoms with Gasteiger partial charge in [0.15, 0.2) is 11.5 Å². The number of hydrogen-bond donors (Lipinski definition) is 2. The molecule has 0 aromatic heterocycles. The Bertz CT molecular complexity index is 580. The van der Waals surface area contributed by atoms with E-state index in [2.05, 4.69) is 5.32 Å². The van der Waals surface area contributed by atoms with E-state index in [1.807, 2.05) is 0 Å². The van der Waals surface area contributed by atoms with Gasteiger partial charge in [0.2, 0.25) is 0 Å². The molecule has 23 heavy (non-hydrogen) atoms. The molecule has 126 valence electrons. The van der Waals surface area contributed by atoms with Crippen molar-refractivity contribution < 1.29 is 28.9 Å². The summed E-state index contributed by atoms with van der Waals surface area (Å²) in [5.41, 5.74) is -0.681. The van der Waals surface area contributed by atoms with E-state index in [1.54, 1.807) is 18.2 Å². The summed E-state index contributed by atoms with van der Waals surface area (Å²) in [6.07, 6.45) is 0.746. The van der Waals surface area contributed by atoms with E-state index >= 15 is 0 Å². The van der Waals surface area contributed by atoms with E-state index in [-0.39, 0.29) is 6.54 Å². The predicted molar refractivity (Wildman–Crippen MR) is 82.0 cm³/mol. The van der Waals surface area contributed by atoms with Crippen molar-refractivity contribution in [2.45, 2.75) is 12.8 Å². The van der Waals surface area contributed by atoms with Gasteiger partial charge in [0.05, 0.1) is 25.2 Å². The van der Waals surface area contributed by atoms with Crippen LogP contribution in [-0.4, -0.2) is 51.0 Å². The highest BCUT2D eigenvalue weighted by molar-refractivity contribution is 5.98. The summed E-state index contributed by atoms with van der Waals surface area (Å²) in [6, 6.07) is 4.97. The molecule has 0 radical (unpaired) electrons. The first-order valence-electron chi connectivity index (χ1n) is 7.34. The zero-order chi connectivity index (χ0) is 16.9. The number of ether oxygens (including phenoxy) is 3. The van der Waals surface area contributed by atoms with Crippen LogP contribution < -0.4 is 14.8 Å². The Morgan fingerprint density at radius 3 is 2.52 bits per heavy atom. The number of hydrogen-bond acceptors (Lipinski definition) is 5. The standard InChI is InChI=1S/C16H21NO6/c1-21-12-5-3-4-11(13(12)22-2)14(18)17-10-16(15(19)20)6-8-23-9-7-16/h3-5H,6-10H2,1-2H3,(H,17,18)(H,19,20). The molecule has 0 unspecified atom stereocenters. The Kier molecular flexibility index (Phi) is 5.44. The summed E-state index contributed by atoms with van der Waals surface area (Å²) in [6.45, 7) is 0.806. The summed E-state index contributed by atoms with van der Waals surface area (Å²) >= 11 is 0. The monoisotopic (exact) mass is 323 g/mol. The van der Waals surface area contributed by atoms with Gasteiger partial charge in [-0.1, -0.05) is 6.07 Å². The maximum atomic E-state index is 12.4. The fourth-order valence-electron chi connectivity index (χ4n) is 2.64. The quantitative estimate of drug-likeness (QED) is 0.820. The van der Waals surface area contributed by atoms with Gasteiger partial charge in [-0.2, -0.15) is 0 Å². The number of para-hydroxylation sites is 1. The smallest absolute Gasteiger partial charge is 0.311 e. The third-order valence-corrected chi connectivity index (χ3v) is 4.14. The van der Waals surface area contributed by atoms with E-state index in [9.17, 15) is 14.7 Å². The lowest BCUT2D eigenvalue weighted by Crippen LogP contribution is -2.46. The number of amides is 1. The highest BCUT2D eigenvalue weighted by Crippen LogP contribution is 2.32. The SMILES string of the molecule is COc1cccc(C(=O)NCC2(C(=O)O)CCOCC2)c1OC. The van der Waals surface area contributed by atoms with Crippen LogP contribution in [0.1, 0.15) is 23.2 Å². The number of carbonyl (C=O) groups is 2. The van der Waals surface area contributed by atoms with Gasteiger partial charge in [-0.15, -0.1) is 0 Å². The molecule has 1 aromatic rings. The van der Waals surface area contributed by atoms with Gasteiger partial charge in [0, 0.05) is 19.8 Å². The van der Waals surface area contributed by atoms with Crippen molar-refractivity contribution >= 4 is 11.9 Å². The normalized spacial score (nSPS) is 16.4. The summed E-state index contributed by atoms with van der Waals surface area (Å²) < 4.78 is 15.6. The van der Waals surface area contributed by atoms with E-state index in [0.717, 1.165) is 0 Å². The fourth-order valence-corrected chi connectivity index (χ4v) is 2.64. The Hall–Kier alpha value is -2.28. The largest absolute Gasteiger partial charge is 0.493 e. The molecule has 0 bridgehead atoms. The lowest BCUT2D eigenvalue weighted by molar-refractivity contribution is -0.154. The minimum Gasteiger partial charge on any atom is -0.493 e. The number of carbonyl (C=O) groups excluding carboxylic acids is 1. The Morgan fingerprint density at radius 1 is 1.26 bits per heavy atom. The second kappa shape index (κ2) is 7.32. The molecule has 7 nitrogen and oxygen atoms in total. The molecule has 2 N–H and O–H groups in total. The molecule has 1 amide bonds. The minimum atomic E-state index is -0.986. The average molecular weight is 323 g/mol. The molecular weight excluding hydrogens is 302 g/mol. The Balaban J connectivity index is 2.14. The first-order chi connectivity index (χ1) is 11.0. The van der Waals surface area contributed by atoms with Crippen molar-refractivity contribution in [3.8, 4) is 11.5 Å². The van der Waals surface area contributed by atoms with E-state index in [4.69, 9.17) is 14.2 Å². The van der Waals surface area contributed by atoms with Gasteiger partial charge >= 0.3 is 5.97 Å². The van der Waals surface area contributed by atoms with Crippen LogP contribution in [0, 0.1) is 5.41 Å². The predicted octanol–water partition coefficient (Wildman–Crippen LogP) is 1.31. The molecule has 1 aromatic carbocycles. The zero-order valence-corrected chi connectivity index (χ0v) is 13.3. The molecule has 1 aliphatic rings. The van der Waals surface area contributed by atoms with Gasteiger partial charge in [-0.25, -0.2) is 0 Å². The number of carboxylic acid groups (broad SMARTS) is 1. The molecule has 0 aliphatic carbocycles. The number of nitrogens with one attached hydrogen (secondary N) is 1. The van der Waals surface area contributed by atoms with Crippen molar-refractivity contribution in [2.75, 3.05) is 34.0 Å². The second-order valence-corrected chi connectivity index (χ2v) is 5.42. The maximum absolute atomic E-state index is 12.4. The van der Waals surface area contributed by atoms with Crippen LogP contribution in [0.2, 0.25) is 0 Å². The van der Waals surface area contributed by atoms with Gasteiger partial charge in [-0.05, 0) is 25.0 Å². The highest BCUT2D eigenvalue weighted by Gasteiger charge is 2.40. The first kappa shape index (κ1) is 17.1. The van der Waals surface area contributed by atoms with Crippen LogP contribution >= 0.6 is 0 Å². The third-order valence-electron chi connectivity index (χ3n) is 4.14. The third kappa shape index (κ3) is 3.56. The number of aliphatic carboxylic acids is 1. The van der Waals surface area contributed by atoms with Crippen LogP contribution in [0.25, 0.3) is 0 Å². The minimum absolute atomic E-state index is 0.0465. The summed E-state index contributed by atoms with van der Waals surface area (Å²) in [5.74, 6) is -0.547. The average Bonchev–Trinajstić information content (AvgIpc) is 2.59. The number of benzene rings is 1. The maximum Gasteiger partial charge on any atom is 0.311 e. The summed E-state index contributed by atoms with van der Waals surface area (Å²) in [4.78, 5) is 24.0. The number of rotatable bonds is 6. The van der Waals surface area contributed by atoms with Crippen molar-refractivity contribution in [2.24, 2.45) is 5.41 Å². The molecule has 0 spiro atoms. The van der Waals surface area contributed by atoms with Crippen molar-refractivity contribution in [3.63, 3.8) is 0 Å². The number of methoxy groups -OCH3 is 2. The number of carboxylic acids is 1. The van der Waals surface area contributed by atoms with Crippen molar-refractivity contribution in [1.82, 2.24) is 5.32 Å². The summed E-state index contributed by atoms with van der Waals surface area (Å²) in [5, 5.41) is 12.2. The molecule has 0 saturated carbocycles. The Morgan fingerprint density at radius 2 is 1.96 bits per heavy atom. The van der Waals surface area contributed by atoms with E-state index in [0.29, 0.717) is 43.1 Å². The van der Waals surface area contributed by atoms with Crippen LogP contribution in [0.3, 0.4) is 0 Å².